The van der Waals surface area contributed by atoms with E-state index in [0.29, 0.717) is 11.3 Å². The second kappa shape index (κ2) is 5.95. The Morgan fingerprint density at radius 1 is 1.42 bits per heavy atom. The van der Waals surface area contributed by atoms with E-state index in [1.807, 2.05) is 31.1 Å². The van der Waals surface area contributed by atoms with E-state index < -0.39 is 0 Å². The van der Waals surface area contributed by atoms with Gasteiger partial charge in [0, 0.05) is 32.0 Å². The van der Waals surface area contributed by atoms with Gasteiger partial charge in [-0.25, -0.2) is 0 Å². The van der Waals surface area contributed by atoms with Crippen molar-refractivity contribution < 1.29 is 4.79 Å². The summed E-state index contributed by atoms with van der Waals surface area (Å²) in [6, 6.07) is 5.44. The third-order valence-corrected chi connectivity index (χ3v) is 3.52. The molecule has 1 saturated carbocycles. The maximum atomic E-state index is 12.2. The number of hydrogen-bond acceptors (Lipinski definition) is 3. The first kappa shape index (κ1) is 13.7. The highest BCUT2D eigenvalue weighted by Crippen LogP contribution is 2.33. The third-order valence-electron chi connectivity index (χ3n) is 3.52. The van der Waals surface area contributed by atoms with Gasteiger partial charge in [0.2, 0.25) is 0 Å². The van der Waals surface area contributed by atoms with Gasteiger partial charge in [-0.15, -0.1) is 0 Å². The molecule has 0 spiro atoms. The summed E-state index contributed by atoms with van der Waals surface area (Å²) in [4.78, 5) is 14.1. The molecule has 2 rings (SSSR count). The van der Waals surface area contributed by atoms with Crippen LogP contribution >= 0.6 is 0 Å². The lowest BCUT2D eigenvalue weighted by Crippen LogP contribution is -2.26. The normalized spacial score (nSPS) is 14.2. The minimum Gasteiger partial charge on any atom is -0.399 e. The fourth-order valence-electron chi connectivity index (χ4n) is 2.22. The van der Waals surface area contributed by atoms with Gasteiger partial charge < -0.3 is 16.0 Å². The number of benzene rings is 1. The summed E-state index contributed by atoms with van der Waals surface area (Å²) >= 11 is 0. The predicted octanol–water partition coefficient (Wildman–Crippen LogP) is 2.25. The van der Waals surface area contributed by atoms with Crippen molar-refractivity contribution in [3.63, 3.8) is 0 Å². The van der Waals surface area contributed by atoms with Crippen LogP contribution in [0.1, 0.15) is 36.0 Å². The van der Waals surface area contributed by atoms with Gasteiger partial charge in [0.25, 0.3) is 5.91 Å². The number of amides is 1. The van der Waals surface area contributed by atoms with Gasteiger partial charge in [-0.1, -0.05) is 12.8 Å². The van der Waals surface area contributed by atoms with E-state index in [-0.39, 0.29) is 5.91 Å². The second-order valence-electron chi connectivity index (χ2n) is 5.51. The Hall–Kier alpha value is -1.71. The van der Waals surface area contributed by atoms with Gasteiger partial charge in [-0.2, -0.15) is 0 Å². The largest absolute Gasteiger partial charge is 0.399 e. The minimum absolute atomic E-state index is 0.0354. The summed E-state index contributed by atoms with van der Waals surface area (Å²) < 4.78 is 0. The lowest BCUT2D eigenvalue weighted by Gasteiger charge is -2.17. The predicted molar refractivity (Wildman–Crippen MR) is 79.5 cm³/mol. The highest BCUT2D eigenvalue weighted by Gasteiger charge is 2.20. The summed E-state index contributed by atoms with van der Waals surface area (Å²) in [5, 5.41) is 2.98. The molecule has 1 aliphatic rings. The highest BCUT2D eigenvalue weighted by atomic mass is 16.1. The van der Waals surface area contributed by atoms with Crippen molar-refractivity contribution in [1.29, 1.82) is 0 Å². The summed E-state index contributed by atoms with van der Waals surface area (Å²) in [6.45, 7) is 0.747. The number of anilines is 2. The first-order chi connectivity index (χ1) is 9.08. The molecule has 1 aromatic rings. The standard InChI is InChI=1S/C15H23N3O/c1-18(2)14-8-7-12(16)10-13(14)15(19)17-9-3-4-11-5-6-11/h7-8,10-11H,3-6,9,16H2,1-2H3,(H,17,19). The molecule has 0 atom stereocenters. The molecule has 0 aliphatic heterocycles. The van der Waals surface area contributed by atoms with Crippen molar-refractivity contribution in [1.82, 2.24) is 5.32 Å². The topological polar surface area (TPSA) is 58.4 Å². The van der Waals surface area contributed by atoms with Crippen molar-refractivity contribution >= 4 is 17.3 Å². The number of nitrogens with two attached hydrogens (primary N) is 1. The van der Waals surface area contributed by atoms with Crippen LogP contribution < -0.4 is 16.0 Å². The first-order valence-corrected chi connectivity index (χ1v) is 6.93. The van der Waals surface area contributed by atoms with Crippen LogP contribution in [0.2, 0.25) is 0 Å². The molecule has 4 nitrogen and oxygen atoms in total. The van der Waals surface area contributed by atoms with Crippen LogP contribution in [0, 0.1) is 5.92 Å². The number of rotatable bonds is 6. The molecule has 4 heteroatoms. The van der Waals surface area contributed by atoms with Gasteiger partial charge in [0.1, 0.15) is 0 Å². The zero-order valence-corrected chi connectivity index (χ0v) is 11.8. The highest BCUT2D eigenvalue weighted by molar-refractivity contribution is 6.00. The molecule has 19 heavy (non-hydrogen) atoms. The molecule has 1 aliphatic carbocycles. The van der Waals surface area contributed by atoms with Crippen LogP contribution in [-0.2, 0) is 0 Å². The maximum Gasteiger partial charge on any atom is 0.253 e. The second-order valence-corrected chi connectivity index (χ2v) is 5.51. The van der Waals surface area contributed by atoms with E-state index in [1.165, 1.54) is 19.3 Å². The van der Waals surface area contributed by atoms with Crippen molar-refractivity contribution in [3.05, 3.63) is 23.8 Å². The number of nitrogens with zero attached hydrogens (tertiary/aromatic N) is 1. The van der Waals surface area contributed by atoms with Crippen LogP contribution in [0.5, 0.6) is 0 Å². The minimum atomic E-state index is -0.0354. The monoisotopic (exact) mass is 261 g/mol. The molecule has 0 saturated heterocycles. The molecule has 0 aromatic heterocycles. The lowest BCUT2D eigenvalue weighted by atomic mass is 10.1. The molecule has 0 radical (unpaired) electrons. The Morgan fingerprint density at radius 3 is 2.79 bits per heavy atom. The zero-order chi connectivity index (χ0) is 13.8. The lowest BCUT2D eigenvalue weighted by molar-refractivity contribution is 0.0953. The number of nitrogens with one attached hydrogen (secondary N) is 1. The smallest absolute Gasteiger partial charge is 0.253 e. The molecule has 0 bridgehead atoms. The van der Waals surface area contributed by atoms with E-state index in [4.69, 9.17) is 5.73 Å². The van der Waals surface area contributed by atoms with Gasteiger partial charge in [-0.3, -0.25) is 4.79 Å². The zero-order valence-electron chi connectivity index (χ0n) is 11.8. The van der Waals surface area contributed by atoms with Crippen LogP contribution in [-0.4, -0.2) is 26.5 Å². The number of hydrogen-bond donors (Lipinski definition) is 2. The van der Waals surface area contributed by atoms with E-state index in [2.05, 4.69) is 5.32 Å². The van der Waals surface area contributed by atoms with Crippen molar-refractivity contribution in [2.75, 3.05) is 31.3 Å². The molecule has 0 unspecified atom stereocenters. The molecular weight excluding hydrogens is 238 g/mol. The Labute approximate surface area is 115 Å². The van der Waals surface area contributed by atoms with Crippen molar-refractivity contribution in [2.24, 2.45) is 5.92 Å². The van der Waals surface area contributed by atoms with Gasteiger partial charge >= 0.3 is 0 Å². The van der Waals surface area contributed by atoms with Crippen LogP contribution in [0.15, 0.2) is 18.2 Å². The fraction of sp³-hybridized carbons (Fsp3) is 0.533. The van der Waals surface area contributed by atoms with Crippen molar-refractivity contribution in [2.45, 2.75) is 25.7 Å². The maximum absolute atomic E-state index is 12.2. The molecule has 0 heterocycles. The van der Waals surface area contributed by atoms with Gasteiger partial charge in [-0.05, 0) is 37.0 Å². The van der Waals surface area contributed by atoms with E-state index in [1.54, 1.807) is 6.07 Å². The third kappa shape index (κ3) is 3.88. The molecular formula is C15H23N3O. The van der Waals surface area contributed by atoms with Crippen molar-refractivity contribution in [3.8, 4) is 0 Å². The average molecular weight is 261 g/mol. The van der Waals surface area contributed by atoms with Crippen LogP contribution in [0.3, 0.4) is 0 Å². The number of carbonyl (C=O) groups excluding carboxylic acids is 1. The molecule has 104 valence electrons. The average Bonchev–Trinajstić information content (AvgIpc) is 3.18. The van der Waals surface area contributed by atoms with Crippen LogP contribution in [0.4, 0.5) is 11.4 Å². The summed E-state index contributed by atoms with van der Waals surface area (Å²) in [5.41, 5.74) is 7.94. The van der Waals surface area contributed by atoms with E-state index in [9.17, 15) is 4.79 Å². The number of carbonyl (C=O) groups is 1. The summed E-state index contributed by atoms with van der Waals surface area (Å²) in [7, 11) is 3.85. The Kier molecular flexibility index (Phi) is 4.30. The summed E-state index contributed by atoms with van der Waals surface area (Å²) in [6.07, 6.45) is 5.04. The Morgan fingerprint density at radius 2 is 2.16 bits per heavy atom. The first-order valence-electron chi connectivity index (χ1n) is 6.93. The van der Waals surface area contributed by atoms with E-state index in [0.717, 1.165) is 24.6 Å². The molecule has 3 N–H and O–H groups in total. The quantitative estimate of drug-likeness (QED) is 0.610. The Bertz CT molecular complexity index is 453. The van der Waals surface area contributed by atoms with Crippen LogP contribution in [0.25, 0.3) is 0 Å². The van der Waals surface area contributed by atoms with E-state index >= 15 is 0 Å². The van der Waals surface area contributed by atoms with Gasteiger partial charge in [0.05, 0.1) is 5.56 Å². The SMILES string of the molecule is CN(C)c1ccc(N)cc1C(=O)NCCCC1CC1. The fourth-order valence-corrected chi connectivity index (χ4v) is 2.22. The van der Waals surface area contributed by atoms with Gasteiger partial charge in [0.15, 0.2) is 0 Å². The molecule has 1 aromatic carbocycles. The number of nitrogen functional groups attached to an aromatic ring is 1. The molecule has 1 fully saturated rings. The molecule has 1 amide bonds. The Balaban J connectivity index is 1.94. The summed E-state index contributed by atoms with van der Waals surface area (Å²) in [5.74, 6) is 0.883.